The standard InChI is InChI=1S/C11H12BrNO2/c12-9-3-1-8(2-4-9)7-10-5-6-15-11(14)13-10/h1-4,10H,5-7H2,(H,13,14)/t10-/m1/s1. The molecule has 4 heteroatoms. The van der Waals surface area contributed by atoms with Crippen LogP contribution in [-0.4, -0.2) is 18.7 Å². The molecule has 80 valence electrons. The molecule has 0 aliphatic carbocycles. The summed E-state index contributed by atoms with van der Waals surface area (Å²) in [5.41, 5.74) is 1.23. The number of hydrogen-bond acceptors (Lipinski definition) is 2. The van der Waals surface area contributed by atoms with E-state index in [2.05, 4.69) is 33.4 Å². The van der Waals surface area contributed by atoms with Gasteiger partial charge in [-0.25, -0.2) is 4.79 Å². The fourth-order valence-corrected chi connectivity index (χ4v) is 1.90. The van der Waals surface area contributed by atoms with Gasteiger partial charge in [0, 0.05) is 16.9 Å². The molecule has 0 spiro atoms. The van der Waals surface area contributed by atoms with E-state index in [-0.39, 0.29) is 12.1 Å². The average Bonchev–Trinajstić information content (AvgIpc) is 2.22. The minimum Gasteiger partial charge on any atom is -0.449 e. The molecule has 1 aliphatic heterocycles. The lowest BCUT2D eigenvalue weighted by atomic mass is 10.0. The van der Waals surface area contributed by atoms with Crippen LogP contribution in [-0.2, 0) is 11.2 Å². The molecule has 0 aromatic heterocycles. The minimum atomic E-state index is -0.302. The Hall–Kier alpha value is -1.03. The average molecular weight is 270 g/mol. The van der Waals surface area contributed by atoms with Gasteiger partial charge in [-0.3, -0.25) is 0 Å². The quantitative estimate of drug-likeness (QED) is 0.896. The number of cyclic esters (lactones) is 1. The van der Waals surface area contributed by atoms with Crippen LogP contribution in [0.1, 0.15) is 12.0 Å². The number of alkyl carbamates (subject to hydrolysis) is 1. The zero-order valence-electron chi connectivity index (χ0n) is 8.20. The Morgan fingerprint density at radius 3 is 2.80 bits per heavy atom. The molecular formula is C11H12BrNO2. The Kier molecular flexibility index (Phi) is 3.26. The van der Waals surface area contributed by atoms with Gasteiger partial charge in [-0.15, -0.1) is 0 Å². The highest BCUT2D eigenvalue weighted by Gasteiger charge is 2.18. The van der Waals surface area contributed by atoms with Crippen LogP contribution in [0.4, 0.5) is 4.79 Å². The highest BCUT2D eigenvalue weighted by molar-refractivity contribution is 9.10. The summed E-state index contributed by atoms with van der Waals surface area (Å²) in [6, 6.07) is 8.34. The van der Waals surface area contributed by atoms with Crippen LogP contribution < -0.4 is 5.32 Å². The van der Waals surface area contributed by atoms with Crippen molar-refractivity contribution < 1.29 is 9.53 Å². The zero-order chi connectivity index (χ0) is 10.7. The van der Waals surface area contributed by atoms with Crippen LogP contribution in [0.2, 0.25) is 0 Å². The maximum absolute atomic E-state index is 11.0. The summed E-state index contributed by atoms with van der Waals surface area (Å²) in [5.74, 6) is 0. The van der Waals surface area contributed by atoms with Crippen LogP contribution in [0.3, 0.4) is 0 Å². The maximum atomic E-state index is 11.0. The number of carbonyl (C=O) groups excluding carboxylic acids is 1. The van der Waals surface area contributed by atoms with Crippen molar-refractivity contribution in [3.05, 3.63) is 34.3 Å². The molecule has 1 amide bonds. The second-order valence-corrected chi connectivity index (χ2v) is 4.51. The van der Waals surface area contributed by atoms with E-state index in [1.165, 1.54) is 5.56 Å². The second-order valence-electron chi connectivity index (χ2n) is 3.60. The van der Waals surface area contributed by atoms with Gasteiger partial charge in [0.2, 0.25) is 0 Å². The molecule has 1 aromatic carbocycles. The normalized spacial score (nSPS) is 20.6. The number of hydrogen-bond donors (Lipinski definition) is 1. The van der Waals surface area contributed by atoms with Crippen molar-refractivity contribution in [2.24, 2.45) is 0 Å². The fraction of sp³-hybridized carbons (Fsp3) is 0.364. The predicted molar refractivity (Wildman–Crippen MR) is 60.7 cm³/mol. The molecule has 0 saturated carbocycles. The smallest absolute Gasteiger partial charge is 0.407 e. The van der Waals surface area contributed by atoms with Crippen molar-refractivity contribution >= 4 is 22.0 Å². The lowest BCUT2D eigenvalue weighted by molar-refractivity contribution is 0.115. The number of amides is 1. The van der Waals surface area contributed by atoms with Gasteiger partial charge in [0.25, 0.3) is 0 Å². The Balaban J connectivity index is 1.96. The van der Waals surface area contributed by atoms with Gasteiger partial charge in [-0.05, 0) is 24.1 Å². The molecule has 1 saturated heterocycles. The van der Waals surface area contributed by atoms with E-state index >= 15 is 0 Å². The summed E-state index contributed by atoms with van der Waals surface area (Å²) >= 11 is 3.39. The molecular weight excluding hydrogens is 258 g/mol. The third kappa shape index (κ3) is 2.96. The Bertz CT molecular complexity index is 350. The molecule has 3 nitrogen and oxygen atoms in total. The van der Waals surface area contributed by atoms with E-state index in [1.54, 1.807) is 0 Å². The van der Waals surface area contributed by atoms with Crippen molar-refractivity contribution in [1.82, 2.24) is 5.32 Å². The third-order valence-corrected chi connectivity index (χ3v) is 2.95. The molecule has 1 aliphatic rings. The number of benzene rings is 1. The van der Waals surface area contributed by atoms with Gasteiger partial charge in [0.1, 0.15) is 0 Å². The largest absolute Gasteiger partial charge is 0.449 e. The third-order valence-electron chi connectivity index (χ3n) is 2.42. The highest BCUT2D eigenvalue weighted by atomic mass is 79.9. The summed E-state index contributed by atoms with van der Waals surface area (Å²) in [5, 5.41) is 2.81. The highest BCUT2D eigenvalue weighted by Crippen LogP contribution is 2.14. The van der Waals surface area contributed by atoms with Gasteiger partial charge in [0.15, 0.2) is 0 Å². The van der Waals surface area contributed by atoms with Crippen LogP contribution in [0.5, 0.6) is 0 Å². The Labute approximate surface area is 96.9 Å². The van der Waals surface area contributed by atoms with Crippen molar-refractivity contribution in [2.45, 2.75) is 18.9 Å². The van der Waals surface area contributed by atoms with Crippen molar-refractivity contribution in [3.8, 4) is 0 Å². The first-order valence-corrected chi connectivity index (χ1v) is 5.71. The first-order valence-electron chi connectivity index (χ1n) is 4.92. The molecule has 1 heterocycles. The number of ether oxygens (including phenoxy) is 1. The SMILES string of the molecule is O=C1N[C@@H](Cc2ccc(Br)cc2)CCO1. The van der Waals surface area contributed by atoms with E-state index in [1.807, 2.05) is 12.1 Å². The van der Waals surface area contributed by atoms with Crippen molar-refractivity contribution in [3.63, 3.8) is 0 Å². The summed E-state index contributed by atoms with van der Waals surface area (Å²) in [7, 11) is 0. The predicted octanol–water partition coefficient (Wildman–Crippen LogP) is 2.49. The van der Waals surface area contributed by atoms with Crippen molar-refractivity contribution in [1.29, 1.82) is 0 Å². The summed E-state index contributed by atoms with van der Waals surface area (Å²) < 4.78 is 5.88. The maximum Gasteiger partial charge on any atom is 0.407 e. The number of halogens is 1. The lowest BCUT2D eigenvalue weighted by Gasteiger charge is -2.23. The number of rotatable bonds is 2. The molecule has 1 fully saturated rings. The summed E-state index contributed by atoms with van der Waals surface area (Å²) in [4.78, 5) is 11.0. The lowest BCUT2D eigenvalue weighted by Crippen LogP contribution is -2.42. The van der Waals surface area contributed by atoms with E-state index in [9.17, 15) is 4.79 Å². The number of nitrogens with one attached hydrogen (secondary N) is 1. The molecule has 0 bridgehead atoms. The first kappa shape index (κ1) is 10.5. The fourth-order valence-electron chi connectivity index (χ4n) is 1.63. The summed E-state index contributed by atoms with van der Waals surface area (Å²) in [6.45, 7) is 0.521. The van der Waals surface area contributed by atoms with Gasteiger partial charge in [-0.2, -0.15) is 0 Å². The van der Waals surface area contributed by atoms with E-state index in [0.29, 0.717) is 6.61 Å². The van der Waals surface area contributed by atoms with Crippen LogP contribution in [0.25, 0.3) is 0 Å². The molecule has 1 N–H and O–H groups in total. The van der Waals surface area contributed by atoms with Crippen molar-refractivity contribution in [2.75, 3.05) is 6.61 Å². The second kappa shape index (κ2) is 4.66. The minimum absolute atomic E-state index is 0.201. The Morgan fingerprint density at radius 2 is 2.13 bits per heavy atom. The molecule has 15 heavy (non-hydrogen) atoms. The summed E-state index contributed by atoms with van der Waals surface area (Å²) in [6.07, 6.45) is 1.44. The topological polar surface area (TPSA) is 38.3 Å². The van der Waals surface area contributed by atoms with Crippen LogP contribution >= 0.6 is 15.9 Å². The van der Waals surface area contributed by atoms with Gasteiger partial charge in [0.05, 0.1) is 6.61 Å². The van der Waals surface area contributed by atoms with Crippen LogP contribution in [0, 0.1) is 0 Å². The monoisotopic (exact) mass is 269 g/mol. The van der Waals surface area contributed by atoms with E-state index < -0.39 is 0 Å². The van der Waals surface area contributed by atoms with Gasteiger partial charge in [-0.1, -0.05) is 28.1 Å². The molecule has 1 aromatic rings. The van der Waals surface area contributed by atoms with Gasteiger partial charge < -0.3 is 10.1 Å². The molecule has 1 atom stereocenters. The first-order chi connectivity index (χ1) is 7.24. The van der Waals surface area contributed by atoms with Crippen LogP contribution in [0.15, 0.2) is 28.7 Å². The van der Waals surface area contributed by atoms with Gasteiger partial charge >= 0.3 is 6.09 Å². The Morgan fingerprint density at radius 1 is 1.40 bits per heavy atom. The van der Waals surface area contributed by atoms with E-state index in [0.717, 1.165) is 17.3 Å². The molecule has 0 unspecified atom stereocenters. The van der Waals surface area contributed by atoms with E-state index in [4.69, 9.17) is 4.74 Å². The number of carbonyl (C=O) groups is 1. The molecule has 0 radical (unpaired) electrons. The zero-order valence-corrected chi connectivity index (χ0v) is 9.79. The molecule has 2 rings (SSSR count).